The van der Waals surface area contributed by atoms with Gasteiger partial charge >= 0.3 is 0 Å². The van der Waals surface area contributed by atoms with Crippen molar-refractivity contribution in [2.24, 2.45) is 0 Å². The summed E-state index contributed by atoms with van der Waals surface area (Å²) in [6.07, 6.45) is 1.96. The maximum absolute atomic E-state index is 2.56. The lowest BCUT2D eigenvalue weighted by Gasteiger charge is -2.27. The third-order valence-electron chi connectivity index (χ3n) is 15.0. The average molecular weight is 879 g/mol. The van der Waals surface area contributed by atoms with Crippen LogP contribution >= 0.6 is 0 Å². The van der Waals surface area contributed by atoms with Crippen LogP contribution in [0.3, 0.4) is 0 Å². The Bertz CT molecular complexity index is 3790. The van der Waals surface area contributed by atoms with E-state index in [9.17, 15) is 0 Å². The Morgan fingerprint density at radius 2 is 0.765 bits per heavy atom. The van der Waals surface area contributed by atoms with Crippen LogP contribution in [0.25, 0.3) is 76.2 Å². The Balaban J connectivity index is 1.09. The molecular weight excluding hydrogens is 825 g/mol. The zero-order valence-electron chi connectivity index (χ0n) is 39.7. The van der Waals surface area contributed by atoms with Crippen molar-refractivity contribution in [3.05, 3.63) is 204 Å². The summed E-state index contributed by atoms with van der Waals surface area (Å²) >= 11 is 0. The van der Waals surface area contributed by atoms with Crippen LogP contribution in [0, 0.1) is 0 Å². The Morgan fingerprint density at radius 3 is 1.16 bits per heavy atom. The Hall–Kier alpha value is -7.82. The zero-order chi connectivity index (χ0) is 45.9. The minimum absolute atomic E-state index is 0.458. The lowest BCUT2D eigenvalue weighted by atomic mass is 10.0. The molecule has 9 aromatic carbocycles. The maximum atomic E-state index is 2.56. The standard InChI is InChI=1S/C64H54N4/c1-7-41-15-13-17-47(35-41)65(45-27-23-43(24-28-45)39(3)4)57-33-31-49-53-37-60-54(38-59(53)67-55-21-11-9-19-51(55)61(57)63(49)67)50-32-34-58(62-52-20-10-12-22-56(52)68(60)64(50)62)66(48-18-14-16-42(8-2)36-48)46-29-25-44(26-30-46)40(5)6/h9-40H,7-8H2,1-6H3. The molecule has 4 heteroatoms. The predicted octanol–water partition coefficient (Wildman–Crippen LogP) is 18.3. The van der Waals surface area contributed by atoms with Crippen molar-refractivity contribution in [3.63, 3.8) is 0 Å². The van der Waals surface area contributed by atoms with Gasteiger partial charge in [-0.05, 0) is 132 Å². The number of aryl methyl sites for hydroxylation is 2. The van der Waals surface area contributed by atoms with Crippen LogP contribution in [0.5, 0.6) is 0 Å². The highest BCUT2D eigenvalue weighted by Gasteiger charge is 2.28. The molecule has 68 heavy (non-hydrogen) atoms. The van der Waals surface area contributed by atoms with Crippen LogP contribution in [0.1, 0.15) is 75.6 Å². The van der Waals surface area contributed by atoms with E-state index in [2.05, 4.69) is 242 Å². The van der Waals surface area contributed by atoms with Crippen LogP contribution in [-0.2, 0) is 12.8 Å². The van der Waals surface area contributed by atoms with E-state index >= 15 is 0 Å². The molecule has 0 bridgehead atoms. The van der Waals surface area contributed by atoms with Gasteiger partial charge in [-0.15, -0.1) is 0 Å². The van der Waals surface area contributed by atoms with E-state index in [1.54, 1.807) is 0 Å². The fourth-order valence-electron chi connectivity index (χ4n) is 11.5. The van der Waals surface area contributed by atoms with Gasteiger partial charge in [-0.25, -0.2) is 0 Å². The van der Waals surface area contributed by atoms with E-state index < -0.39 is 0 Å². The van der Waals surface area contributed by atoms with E-state index in [-0.39, 0.29) is 0 Å². The van der Waals surface area contributed by atoms with Gasteiger partial charge in [0.05, 0.1) is 44.5 Å². The molecule has 330 valence electrons. The number of benzene rings is 9. The highest BCUT2D eigenvalue weighted by molar-refractivity contribution is 6.32. The summed E-state index contributed by atoms with van der Waals surface area (Å²) in [6, 6.07) is 69.2. The third kappa shape index (κ3) is 5.86. The Kier molecular flexibility index (Phi) is 9.14. The maximum Gasteiger partial charge on any atom is 0.0641 e. The van der Waals surface area contributed by atoms with Gasteiger partial charge in [0.2, 0.25) is 0 Å². The molecule has 0 radical (unpaired) electrons. The lowest BCUT2D eigenvalue weighted by molar-refractivity contribution is 0.866. The summed E-state index contributed by atoms with van der Waals surface area (Å²) in [5, 5.41) is 10.1. The Labute approximate surface area is 397 Å². The monoisotopic (exact) mass is 878 g/mol. The van der Waals surface area contributed by atoms with E-state index in [0.717, 1.165) is 24.2 Å². The second kappa shape index (κ2) is 15.4. The molecule has 13 rings (SSSR count). The predicted molar refractivity (Wildman–Crippen MR) is 292 cm³/mol. The zero-order valence-corrected chi connectivity index (χ0v) is 39.7. The van der Waals surface area contributed by atoms with Gasteiger partial charge in [0.1, 0.15) is 0 Å². The first-order chi connectivity index (χ1) is 33.3. The number of anilines is 6. The minimum atomic E-state index is 0.458. The first-order valence-electron chi connectivity index (χ1n) is 24.6. The molecule has 4 aromatic heterocycles. The molecule has 0 amide bonds. The van der Waals surface area contributed by atoms with Crippen molar-refractivity contribution < 1.29 is 0 Å². The summed E-state index contributed by atoms with van der Waals surface area (Å²) in [5.74, 6) is 0.915. The van der Waals surface area contributed by atoms with E-state index in [4.69, 9.17) is 0 Å². The fraction of sp³-hybridized carbons (Fsp3) is 0.156. The van der Waals surface area contributed by atoms with Crippen molar-refractivity contribution in [2.45, 2.75) is 66.2 Å². The molecule has 0 saturated heterocycles. The van der Waals surface area contributed by atoms with Crippen LogP contribution in [0.2, 0.25) is 0 Å². The summed E-state index contributed by atoms with van der Waals surface area (Å²) in [4.78, 5) is 4.97. The molecule has 0 atom stereocenters. The van der Waals surface area contributed by atoms with E-state index in [1.807, 2.05) is 0 Å². The molecule has 0 aliphatic carbocycles. The van der Waals surface area contributed by atoms with Crippen molar-refractivity contribution in [1.82, 2.24) is 8.80 Å². The number of hydrogen-bond donors (Lipinski definition) is 0. The van der Waals surface area contributed by atoms with Crippen LogP contribution in [0.15, 0.2) is 182 Å². The summed E-state index contributed by atoms with van der Waals surface area (Å²) in [6.45, 7) is 13.6. The molecule has 0 fully saturated rings. The molecule has 13 aromatic rings. The number of rotatable bonds is 10. The average Bonchev–Trinajstić information content (AvgIpc) is 4.10. The smallest absolute Gasteiger partial charge is 0.0641 e. The SMILES string of the molecule is CCc1cccc(N(c2ccc(C(C)C)cc2)c2ccc3c4cc5c(cc4n4c6ccccc6c2c34)c2ccc(N(c3ccc(C(C)C)cc3)c3cccc(CC)c3)c3c4ccccc4n5c23)c1. The minimum Gasteiger partial charge on any atom is -0.310 e. The lowest BCUT2D eigenvalue weighted by Crippen LogP contribution is -2.11. The molecule has 0 unspecified atom stereocenters. The van der Waals surface area contributed by atoms with Crippen LogP contribution in [-0.4, -0.2) is 8.80 Å². The van der Waals surface area contributed by atoms with Crippen molar-refractivity contribution >= 4 is 110 Å². The molecule has 4 nitrogen and oxygen atoms in total. The van der Waals surface area contributed by atoms with Crippen molar-refractivity contribution in [1.29, 1.82) is 0 Å². The van der Waals surface area contributed by atoms with Gasteiger partial charge in [-0.1, -0.05) is 139 Å². The van der Waals surface area contributed by atoms with Gasteiger partial charge in [-0.3, -0.25) is 0 Å². The van der Waals surface area contributed by atoms with Gasteiger partial charge in [0.25, 0.3) is 0 Å². The van der Waals surface area contributed by atoms with E-state index in [0.29, 0.717) is 11.8 Å². The molecule has 0 spiro atoms. The molecule has 0 N–H and O–H groups in total. The number of fused-ring (bicyclic) bond motifs is 12. The van der Waals surface area contributed by atoms with Gasteiger partial charge in [-0.2, -0.15) is 0 Å². The molecule has 0 saturated carbocycles. The molecule has 0 aliphatic heterocycles. The second-order valence-corrected chi connectivity index (χ2v) is 19.5. The first kappa shape index (κ1) is 40.5. The number of hydrogen-bond acceptors (Lipinski definition) is 2. The summed E-state index contributed by atoms with van der Waals surface area (Å²) in [7, 11) is 0. The number of para-hydroxylation sites is 2. The highest BCUT2D eigenvalue weighted by atomic mass is 15.2. The van der Waals surface area contributed by atoms with Crippen LogP contribution in [0.4, 0.5) is 34.1 Å². The van der Waals surface area contributed by atoms with Crippen LogP contribution < -0.4 is 9.80 Å². The molecular formula is C64H54N4. The second-order valence-electron chi connectivity index (χ2n) is 19.5. The normalized spacial score (nSPS) is 12.4. The first-order valence-corrected chi connectivity index (χ1v) is 24.6. The molecule has 4 heterocycles. The van der Waals surface area contributed by atoms with Crippen molar-refractivity contribution in [2.75, 3.05) is 9.80 Å². The fourth-order valence-corrected chi connectivity index (χ4v) is 11.5. The Morgan fingerprint density at radius 1 is 0.353 bits per heavy atom. The van der Waals surface area contributed by atoms with Gasteiger partial charge in [0, 0.05) is 65.8 Å². The number of nitrogens with zero attached hydrogens (tertiary/aromatic N) is 4. The third-order valence-corrected chi connectivity index (χ3v) is 15.0. The van der Waals surface area contributed by atoms with E-state index in [1.165, 1.54) is 121 Å². The molecule has 0 aliphatic rings. The summed E-state index contributed by atoms with van der Waals surface area (Å²) in [5.41, 5.74) is 19.8. The van der Waals surface area contributed by atoms with Crippen molar-refractivity contribution in [3.8, 4) is 0 Å². The van der Waals surface area contributed by atoms with Gasteiger partial charge < -0.3 is 18.6 Å². The highest BCUT2D eigenvalue weighted by Crippen LogP contribution is 2.51. The topological polar surface area (TPSA) is 15.3 Å². The summed E-state index contributed by atoms with van der Waals surface area (Å²) < 4.78 is 5.12. The van der Waals surface area contributed by atoms with Gasteiger partial charge in [0.15, 0.2) is 0 Å². The quantitative estimate of drug-likeness (QED) is 0.136. The largest absolute Gasteiger partial charge is 0.310 e. The number of aromatic nitrogens is 2.